The molecule has 0 aliphatic rings. The standard InChI is InChI=1S/C12H19NO3.CH3F/c1-3-5-6-11(4-2)12(16)13(7-9-14)8-10-15;1-2/h3-6,14-15H,1,7-10H2,2H3;1H3/b6-5-,11-4+;. The van der Waals surface area contributed by atoms with Crippen molar-refractivity contribution in [3.05, 3.63) is 36.5 Å². The highest BCUT2D eigenvalue weighted by molar-refractivity contribution is 5.96. The molecule has 0 saturated carbocycles. The molecule has 2 N–H and O–H groups in total. The number of nitrogens with zero attached hydrogens (tertiary/aromatic N) is 1. The minimum absolute atomic E-state index is 0.117. The lowest BCUT2D eigenvalue weighted by Gasteiger charge is -2.20. The fourth-order valence-corrected chi connectivity index (χ4v) is 1.20. The molecule has 0 aromatic heterocycles. The average molecular weight is 259 g/mol. The van der Waals surface area contributed by atoms with Gasteiger partial charge in [0.15, 0.2) is 0 Å². The fourth-order valence-electron chi connectivity index (χ4n) is 1.20. The van der Waals surface area contributed by atoms with Crippen molar-refractivity contribution in [1.82, 2.24) is 4.90 Å². The lowest BCUT2D eigenvalue weighted by atomic mass is 10.2. The first kappa shape index (κ1) is 18.9. The summed E-state index contributed by atoms with van der Waals surface area (Å²) >= 11 is 0. The van der Waals surface area contributed by atoms with Crippen molar-refractivity contribution in [3.8, 4) is 0 Å². The van der Waals surface area contributed by atoms with Gasteiger partial charge in [0.2, 0.25) is 0 Å². The predicted octanol–water partition coefficient (Wildman–Crippen LogP) is 1.07. The number of halogens is 1. The average Bonchev–Trinajstić information content (AvgIpc) is 2.41. The van der Waals surface area contributed by atoms with Crippen molar-refractivity contribution < 1.29 is 19.4 Å². The van der Waals surface area contributed by atoms with Gasteiger partial charge in [-0.1, -0.05) is 24.8 Å². The van der Waals surface area contributed by atoms with E-state index in [2.05, 4.69) is 6.58 Å². The molecular weight excluding hydrogens is 237 g/mol. The van der Waals surface area contributed by atoms with Gasteiger partial charge in [-0.15, -0.1) is 0 Å². The van der Waals surface area contributed by atoms with Gasteiger partial charge in [0.25, 0.3) is 5.91 Å². The molecule has 0 rings (SSSR count). The lowest BCUT2D eigenvalue weighted by Crippen LogP contribution is -2.36. The number of allylic oxidation sites excluding steroid dienone is 3. The zero-order valence-corrected chi connectivity index (χ0v) is 11.0. The molecule has 5 heteroatoms. The van der Waals surface area contributed by atoms with Crippen LogP contribution in [0.4, 0.5) is 4.39 Å². The summed E-state index contributed by atoms with van der Waals surface area (Å²) in [6.45, 7) is 5.49. The van der Waals surface area contributed by atoms with Crippen LogP contribution in [0.1, 0.15) is 6.92 Å². The van der Waals surface area contributed by atoms with Crippen molar-refractivity contribution in [2.75, 3.05) is 33.5 Å². The molecule has 0 fully saturated rings. The van der Waals surface area contributed by atoms with Crippen LogP contribution in [0.25, 0.3) is 0 Å². The van der Waals surface area contributed by atoms with Gasteiger partial charge in [-0.2, -0.15) is 0 Å². The van der Waals surface area contributed by atoms with Gasteiger partial charge in [0, 0.05) is 18.7 Å². The van der Waals surface area contributed by atoms with E-state index in [1.807, 2.05) is 0 Å². The van der Waals surface area contributed by atoms with E-state index < -0.39 is 0 Å². The van der Waals surface area contributed by atoms with Crippen molar-refractivity contribution in [2.24, 2.45) is 0 Å². The van der Waals surface area contributed by atoms with Crippen LogP contribution in [0, 0.1) is 0 Å². The van der Waals surface area contributed by atoms with E-state index in [9.17, 15) is 9.18 Å². The summed E-state index contributed by atoms with van der Waals surface area (Å²) in [6, 6.07) is 0. The van der Waals surface area contributed by atoms with Crippen molar-refractivity contribution in [1.29, 1.82) is 0 Å². The number of aliphatic hydroxyl groups is 2. The van der Waals surface area contributed by atoms with E-state index in [4.69, 9.17) is 10.2 Å². The van der Waals surface area contributed by atoms with Crippen molar-refractivity contribution in [3.63, 3.8) is 0 Å². The SMILES string of the molecule is C=C/C=C\C(=C/C)C(=O)N(CCO)CCO.CF. The Labute approximate surface area is 108 Å². The van der Waals surface area contributed by atoms with Crippen LogP contribution >= 0.6 is 0 Å². The molecular formula is C13H22FNO3. The summed E-state index contributed by atoms with van der Waals surface area (Å²) in [5.41, 5.74) is 0.516. The topological polar surface area (TPSA) is 60.8 Å². The number of hydrogen-bond acceptors (Lipinski definition) is 3. The van der Waals surface area contributed by atoms with Gasteiger partial charge in [-0.25, -0.2) is 0 Å². The molecule has 0 aliphatic carbocycles. The Kier molecular flexibility index (Phi) is 14.3. The third kappa shape index (κ3) is 7.76. The zero-order chi connectivity index (χ0) is 14.4. The largest absolute Gasteiger partial charge is 0.395 e. The molecule has 0 unspecified atom stereocenters. The number of carbonyl (C=O) groups excluding carboxylic acids is 1. The number of carbonyl (C=O) groups is 1. The first-order chi connectivity index (χ1) is 8.71. The molecule has 0 saturated heterocycles. The Morgan fingerprint density at radius 2 is 1.78 bits per heavy atom. The maximum atomic E-state index is 11.9. The molecule has 0 atom stereocenters. The second-order valence-electron chi connectivity index (χ2n) is 3.08. The number of amides is 1. The number of rotatable bonds is 7. The molecule has 0 radical (unpaired) electrons. The van der Waals surface area contributed by atoms with Gasteiger partial charge in [0.05, 0.1) is 20.4 Å². The minimum atomic E-state index is -0.205. The van der Waals surface area contributed by atoms with Gasteiger partial charge in [-0.3, -0.25) is 9.18 Å². The highest BCUT2D eigenvalue weighted by Crippen LogP contribution is 2.04. The summed E-state index contributed by atoms with van der Waals surface area (Å²) in [6.07, 6.45) is 6.59. The fraction of sp³-hybridized carbons (Fsp3) is 0.462. The first-order valence-corrected chi connectivity index (χ1v) is 5.55. The summed E-state index contributed by atoms with van der Waals surface area (Å²) in [7, 11) is 0.500. The number of alkyl halides is 1. The summed E-state index contributed by atoms with van der Waals surface area (Å²) in [4.78, 5) is 13.3. The number of aliphatic hydroxyl groups excluding tert-OH is 2. The molecule has 18 heavy (non-hydrogen) atoms. The third-order valence-corrected chi connectivity index (χ3v) is 2.00. The maximum absolute atomic E-state index is 11.9. The van der Waals surface area contributed by atoms with Crippen LogP contribution in [0.5, 0.6) is 0 Å². The molecule has 0 aromatic carbocycles. The molecule has 0 aliphatic heterocycles. The molecule has 0 spiro atoms. The van der Waals surface area contributed by atoms with Crippen LogP contribution < -0.4 is 0 Å². The van der Waals surface area contributed by atoms with Crippen LogP contribution in [0.2, 0.25) is 0 Å². The second kappa shape index (κ2) is 13.6. The zero-order valence-electron chi connectivity index (χ0n) is 11.0. The Balaban J connectivity index is 0. The van der Waals surface area contributed by atoms with Gasteiger partial charge >= 0.3 is 0 Å². The Morgan fingerprint density at radius 1 is 1.28 bits per heavy atom. The third-order valence-electron chi connectivity index (χ3n) is 2.00. The minimum Gasteiger partial charge on any atom is -0.395 e. The highest BCUT2D eigenvalue weighted by Gasteiger charge is 2.14. The Bertz CT molecular complexity index is 282. The van der Waals surface area contributed by atoms with E-state index in [1.54, 1.807) is 31.2 Å². The lowest BCUT2D eigenvalue weighted by molar-refractivity contribution is -0.127. The Morgan fingerprint density at radius 3 is 2.11 bits per heavy atom. The molecule has 1 amide bonds. The van der Waals surface area contributed by atoms with Gasteiger partial charge < -0.3 is 15.1 Å². The van der Waals surface area contributed by atoms with Gasteiger partial charge in [-0.05, 0) is 13.0 Å². The summed E-state index contributed by atoms with van der Waals surface area (Å²) < 4.78 is 9.50. The van der Waals surface area contributed by atoms with E-state index in [1.165, 1.54) is 4.90 Å². The number of hydrogen-bond donors (Lipinski definition) is 2. The smallest absolute Gasteiger partial charge is 0.253 e. The molecule has 104 valence electrons. The molecule has 0 bridgehead atoms. The monoisotopic (exact) mass is 259 g/mol. The highest BCUT2D eigenvalue weighted by atomic mass is 19.1. The normalized spacial score (nSPS) is 10.8. The van der Waals surface area contributed by atoms with Crippen molar-refractivity contribution >= 4 is 5.91 Å². The predicted molar refractivity (Wildman–Crippen MR) is 70.9 cm³/mol. The van der Waals surface area contributed by atoms with E-state index >= 15 is 0 Å². The van der Waals surface area contributed by atoms with E-state index in [0.29, 0.717) is 12.8 Å². The summed E-state index contributed by atoms with van der Waals surface area (Å²) in [5, 5.41) is 17.6. The van der Waals surface area contributed by atoms with Crippen molar-refractivity contribution in [2.45, 2.75) is 6.92 Å². The van der Waals surface area contributed by atoms with Crippen LogP contribution in [-0.2, 0) is 4.79 Å². The molecule has 4 nitrogen and oxygen atoms in total. The maximum Gasteiger partial charge on any atom is 0.253 e. The first-order valence-electron chi connectivity index (χ1n) is 5.55. The van der Waals surface area contributed by atoms with Crippen LogP contribution in [-0.4, -0.2) is 54.5 Å². The van der Waals surface area contributed by atoms with E-state index in [-0.39, 0.29) is 32.2 Å². The molecule has 0 heterocycles. The second-order valence-corrected chi connectivity index (χ2v) is 3.08. The van der Waals surface area contributed by atoms with Crippen LogP contribution in [0.15, 0.2) is 36.5 Å². The van der Waals surface area contributed by atoms with Gasteiger partial charge in [0.1, 0.15) is 0 Å². The summed E-state index contributed by atoms with van der Waals surface area (Å²) in [5.74, 6) is -0.205. The van der Waals surface area contributed by atoms with E-state index in [0.717, 1.165) is 0 Å². The Hall–Kier alpha value is -1.46. The quantitative estimate of drug-likeness (QED) is 0.531. The van der Waals surface area contributed by atoms with Crippen LogP contribution in [0.3, 0.4) is 0 Å². The molecule has 0 aromatic rings.